The summed E-state index contributed by atoms with van der Waals surface area (Å²) in [6, 6.07) is 1.44. The number of Topliss-reactive ketones (excluding diaryl/α,β-unsaturated/α-hetero) is 1. The maximum Gasteiger partial charge on any atom is 0.309 e. The summed E-state index contributed by atoms with van der Waals surface area (Å²) >= 11 is 0. The molecular weight excluding hydrogens is 160 g/mol. The van der Waals surface area contributed by atoms with Crippen molar-refractivity contribution in [1.82, 2.24) is 10.2 Å². The summed E-state index contributed by atoms with van der Waals surface area (Å²) in [7, 11) is 0. The quantitative estimate of drug-likeness (QED) is 0.633. The average Bonchev–Trinajstić information content (AvgIpc) is 2.34. The van der Waals surface area contributed by atoms with E-state index in [9.17, 15) is 9.59 Å². The summed E-state index contributed by atoms with van der Waals surface area (Å²) in [6.45, 7) is 1.38. The van der Waals surface area contributed by atoms with Gasteiger partial charge in [-0.05, 0) is 6.07 Å². The lowest BCUT2D eigenvalue weighted by Gasteiger charge is -1.86. The number of hydrogen-bond donors (Lipinski definition) is 2. The third-order valence-corrected chi connectivity index (χ3v) is 1.33. The molecule has 0 radical (unpaired) electrons. The van der Waals surface area contributed by atoms with Crippen LogP contribution in [0.2, 0.25) is 0 Å². The fourth-order valence-corrected chi connectivity index (χ4v) is 0.795. The zero-order valence-corrected chi connectivity index (χ0v) is 6.50. The van der Waals surface area contributed by atoms with Crippen LogP contribution >= 0.6 is 0 Å². The first-order chi connectivity index (χ1) is 5.59. The number of carbonyl (C=O) groups is 2. The molecule has 5 nitrogen and oxygen atoms in total. The van der Waals surface area contributed by atoms with Crippen molar-refractivity contribution in [3.63, 3.8) is 0 Å². The molecule has 0 aromatic carbocycles. The van der Waals surface area contributed by atoms with Crippen molar-refractivity contribution in [1.29, 1.82) is 0 Å². The molecule has 1 heterocycles. The van der Waals surface area contributed by atoms with Crippen LogP contribution in [0.1, 0.15) is 23.1 Å². The van der Waals surface area contributed by atoms with Gasteiger partial charge in [-0.15, -0.1) is 0 Å². The van der Waals surface area contributed by atoms with Crippen LogP contribution in [-0.2, 0) is 11.2 Å². The van der Waals surface area contributed by atoms with E-state index in [1.165, 1.54) is 13.0 Å². The molecule has 0 fully saturated rings. The van der Waals surface area contributed by atoms with Crippen molar-refractivity contribution in [2.24, 2.45) is 0 Å². The van der Waals surface area contributed by atoms with Crippen molar-refractivity contribution in [2.45, 2.75) is 13.3 Å². The predicted molar refractivity (Wildman–Crippen MR) is 39.9 cm³/mol. The van der Waals surface area contributed by atoms with E-state index in [0.29, 0.717) is 5.69 Å². The third kappa shape index (κ3) is 1.91. The first-order valence-electron chi connectivity index (χ1n) is 3.36. The number of hydrogen-bond acceptors (Lipinski definition) is 3. The molecule has 1 rings (SSSR count). The van der Waals surface area contributed by atoms with Crippen LogP contribution in [0.3, 0.4) is 0 Å². The summed E-state index contributed by atoms with van der Waals surface area (Å²) in [4.78, 5) is 20.9. The minimum Gasteiger partial charge on any atom is -0.481 e. The van der Waals surface area contributed by atoms with Crippen LogP contribution < -0.4 is 0 Å². The van der Waals surface area contributed by atoms with Gasteiger partial charge in [0, 0.05) is 12.6 Å². The normalized spacial score (nSPS) is 9.75. The van der Waals surface area contributed by atoms with Gasteiger partial charge in [0.25, 0.3) is 0 Å². The molecule has 1 aromatic rings. The summed E-state index contributed by atoms with van der Waals surface area (Å²) in [5.41, 5.74) is 0.707. The van der Waals surface area contributed by atoms with Gasteiger partial charge in [-0.1, -0.05) is 0 Å². The van der Waals surface area contributed by atoms with Gasteiger partial charge in [0.1, 0.15) is 5.69 Å². The van der Waals surface area contributed by atoms with Crippen molar-refractivity contribution < 1.29 is 14.7 Å². The number of carbonyl (C=O) groups excluding carboxylic acids is 1. The summed E-state index contributed by atoms with van der Waals surface area (Å²) < 4.78 is 0. The number of H-pyrrole nitrogens is 1. The fourth-order valence-electron chi connectivity index (χ4n) is 0.795. The van der Waals surface area contributed by atoms with Crippen molar-refractivity contribution in [3.05, 3.63) is 17.5 Å². The summed E-state index contributed by atoms with van der Waals surface area (Å²) in [6.07, 6.45) is -0.139. The first kappa shape index (κ1) is 8.45. The van der Waals surface area contributed by atoms with Gasteiger partial charge in [-0.2, -0.15) is 5.10 Å². The summed E-state index contributed by atoms with van der Waals surface area (Å²) in [5, 5.41) is 14.5. The Morgan fingerprint density at radius 2 is 2.33 bits per heavy atom. The van der Waals surface area contributed by atoms with E-state index in [-0.39, 0.29) is 17.9 Å². The van der Waals surface area contributed by atoms with Crippen molar-refractivity contribution >= 4 is 11.8 Å². The maximum atomic E-state index is 10.7. The topological polar surface area (TPSA) is 83.0 Å². The lowest BCUT2D eigenvalue weighted by molar-refractivity contribution is -0.136. The molecule has 0 aliphatic carbocycles. The van der Waals surface area contributed by atoms with Crippen molar-refractivity contribution in [3.8, 4) is 0 Å². The van der Waals surface area contributed by atoms with Gasteiger partial charge in [0.2, 0.25) is 0 Å². The van der Waals surface area contributed by atoms with Crippen LogP contribution in [0.5, 0.6) is 0 Å². The molecule has 64 valence electrons. The zero-order chi connectivity index (χ0) is 9.14. The van der Waals surface area contributed by atoms with E-state index in [2.05, 4.69) is 10.2 Å². The Hall–Kier alpha value is -1.65. The molecule has 12 heavy (non-hydrogen) atoms. The van der Waals surface area contributed by atoms with E-state index in [1.807, 2.05) is 0 Å². The standard InChI is InChI=1S/C7H8N2O3/c1-4(10)6-2-5(8-9-6)3-7(11)12/h2H,3H2,1H3,(H,8,9)(H,11,12). The Morgan fingerprint density at radius 3 is 2.75 bits per heavy atom. The monoisotopic (exact) mass is 168 g/mol. The minimum absolute atomic E-state index is 0.139. The van der Waals surface area contributed by atoms with Gasteiger partial charge in [0.15, 0.2) is 5.78 Å². The lowest BCUT2D eigenvalue weighted by Crippen LogP contribution is -1.99. The van der Waals surface area contributed by atoms with E-state index in [1.54, 1.807) is 0 Å². The smallest absolute Gasteiger partial charge is 0.309 e. The van der Waals surface area contributed by atoms with Crippen molar-refractivity contribution in [2.75, 3.05) is 0 Å². The highest BCUT2D eigenvalue weighted by molar-refractivity contribution is 5.92. The highest BCUT2D eigenvalue weighted by Gasteiger charge is 2.07. The second-order valence-electron chi connectivity index (χ2n) is 2.41. The van der Waals surface area contributed by atoms with Crippen LogP contribution in [0.4, 0.5) is 0 Å². The van der Waals surface area contributed by atoms with Crippen LogP contribution in [0, 0.1) is 0 Å². The molecule has 0 spiro atoms. The van der Waals surface area contributed by atoms with Crippen LogP contribution in [0.25, 0.3) is 0 Å². The Bertz CT molecular complexity index is 316. The molecule has 0 unspecified atom stereocenters. The number of nitrogens with zero attached hydrogens (tertiary/aromatic N) is 1. The molecule has 0 amide bonds. The van der Waals surface area contributed by atoms with Gasteiger partial charge >= 0.3 is 5.97 Å². The maximum absolute atomic E-state index is 10.7. The number of carboxylic acid groups (broad SMARTS) is 1. The largest absolute Gasteiger partial charge is 0.481 e. The SMILES string of the molecule is CC(=O)c1cc(CC(=O)O)[nH]n1. The number of aliphatic carboxylic acids is 1. The molecule has 1 aromatic heterocycles. The van der Waals surface area contributed by atoms with Gasteiger partial charge < -0.3 is 5.11 Å². The number of carboxylic acids is 1. The second kappa shape index (κ2) is 3.17. The zero-order valence-electron chi connectivity index (χ0n) is 6.50. The molecule has 0 saturated heterocycles. The lowest BCUT2D eigenvalue weighted by atomic mass is 10.2. The van der Waals surface area contributed by atoms with E-state index < -0.39 is 5.97 Å². The number of aromatic nitrogens is 2. The van der Waals surface area contributed by atoms with Gasteiger partial charge in [-0.3, -0.25) is 14.7 Å². The molecule has 0 atom stereocenters. The first-order valence-corrected chi connectivity index (χ1v) is 3.36. The van der Waals surface area contributed by atoms with E-state index >= 15 is 0 Å². The Labute approximate surface area is 68.4 Å². The molecule has 0 saturated carbocycles. The average molecular weight is 168 g/mol. The molecule has 0 aliphatic rings. The number of rotatable bonds is 3. The highest BCUT2D eigenvalue weighted by Crippen LogP contribution is 2.00. The van der Waals surface area contributed by atoms with Crippen LogP contribution in [0.15, 0.2) is 6.07 Å². The molecule has 5 heteroatoms. The summed E-state index contributed by atoms with van der Waals surface area (Å²) in [5.74, 6) is -1.13. The predicted octanol–water partition coefficient (Wildman–Crippen LogP) is 0.239. The molecular formula is C7H8N2O3. The van der Waals surface area contributed by atoms with E-state index in [4.69, 9.17) is 5.11 Å². The van der Waals surface area contributed by atoms with Gasteiger partial charge in [0.05, 0.1) is 6.42 Å². The fraction of sp³-hybridized carbons (Fsp3) is 0.286. The Kier molecular flexibility index (Phi) is 2.23. The second-order valence-corrected chi connectivity index (χ2v) is 2.41. The third-order valence-electron chi connectivity index (χ3n) is 1.33. The minimum atomic E-state index is -0.950. The molecule has 0 bridgehead atoms. The van der Waals surface area contributed by atoms with Gasteiger partial charge in [-0.25, -0.2) is 0 Å². The number of nitrogens with one attached hydrogen (secondary N) is 1. The molecule has 0 aliphatic heterocycles. The highest BCUT2D eigenvalue weighted by atomic mass is 16.4. The number of aromatic amines is 1. The number of ketones is 1. The Morgan fingerprint density at radius 1 is 1.67 bits per heavy atom. The van der Waals surface area contributed by atoms with Crippen LogP contribution in [-0.4, -0.2) is 27.1 Å². The van der Waals surface area contributed by atoms with E-state index in [0.717, 1.165) is 0 Å². The Balaban J connectivity index is 2.77. The molecule has 2 N–H and O–H groups in total.